The van der Waals surface area contributed by atoms with E-state index in [2.05, 4.69) is 16.9 Å². The van der Waals surface area contributed by atoms with Gasteiger partial charge in [-0.1, -0.05) is 20.8 Å². The molecule has 1 aliphatic carbocycles. The predicted octanol–water partition coefficient (Wildman–Crippen LogP) is 4.28. The number of hydrogen-bond acceptors (Lipinski definition) is 4. The lowest BCUT2D eigenvalue weighted by molar-refractivity contribution is 0.0690. The number of hydrogen-bond donors (Lipinski definition) is 1. The Morgan fingerprint density at radius 2 is 1.86 bits per heavy atom. The number of carbonyl (C=O) groups is 1. The Kier molecular flexibility index (Phi) is 5.25. The highest BCUT2D eigenvalue weighted by molar-refractivity contribution is 7.99. The van der Waals surface area contributed by atoms with E-state index < -0.39 is 5.97 Å². The zero-order valence-corrected chi connectivity index (χ0v) is 14.0. The summed E-state index contributed by atoms with van der Waals surface area (Å²) in [5.41, 5.74) is 0.857. The Balaban J connectivity index is 2.29. The van der Waals surface area contributed by atoms with Crippen molar-refractivity contribution >= 4 is 17.7 Å². The molecule has 0 radical (unpaired) electrons. The van der Waals surface area contributed by atoms with E-state index in [0.717, 1.165) is 24.6 Å². The summed E-state index contributed by atoms with van der Waals surface area (Å²) in [6.07, 6.45) is 4.73. The normalized spacial score (nSPS) is 22.5. The van der Waals surface area contributed by atoms with E-state index in [9.17, 15) is 9.90 Å². The fourth-order valence-electron chi connectivity index (χ4n) is 2.66. The molecule has 0 aromatic carbocycles. The molecule has 0 unspecified atom stereocenters. The number of aryl methyl sites for hydroxylation is 1. The zero-order chi connectivity index (χ0) is 15.6. The van der Waals surface area contributed by atoms with Crippen LogP contribution in [-0.2, 0) is 0 Å². The zero-order valence-electron chi connectivity index (χ0n) is 13.2. The molecule has 0 spiro atoms. The lowest BCUT2D eigenvalue weighted by atomic mass is 9.91. The van der Waals surface area contributed by atoms with Gasteiger partial charge in [0.15, 0.2) is 0 Å². The van der Waals surface area contributed by atoms with Crippen LogP contribution < -0.4 is 0 Å². The molecule has 116 valence electrons. The van der Waals surface area contributed by atoms with E-state index in [0.29, 0.717) is 16.0 Å². The molecule has 1 heterocycles. The summed E-state index contributed by atoms with van der Waals surface area (Å²) >= 11 is 1.64. The van der Waals surface area contributed by atoms with Gasteiger partial charge in [0.05, 0.1) is 5.69 Å². The summed E-state index contributed by atoms with van der Waals surface area (Å²) < 4.78 is 0. The summed E-state index contributed by atoms with van der Waals surface area (Å²) in [6.45, 7) is 8.12. The molecule has 1 aromatic heterocycles. The number of nitrogens with zero attached hydrogens (tertiary/aromatic N) is 2. The molecule has 1 fully saturated rings. The minimum absolute atomic E-state index is 0.206. The molecule has 0 bridgehead atoms. The van der Waals surface area contributed by atoms with Crippen molar-refractivity contribution in [3.8, 4) is 0 Å². The largest absolute Gasteiger partial charge is 0.478 e. The van der Waals surface area contributed by atoms with E-state index in [1.54, 1.807) is 18.7 Å². The molecule has 0 amide bonds. The highest BCUT2D eigenvalue weighted by Crippen LogP contribution is 2.37. The van der Waals surface area contributed by atoms with Crippen molar-refractivity contribution in [2.45, 2.75) is 69.6 Å². The number of aromatic carboxylic acids is 1. The van der Waals surface area contributed by atoms with E-state index in [4.69, 9.17) is 0 Å². The molecule has 1 N–H and O–H groups in total. The average molecular weight is 308 g/mol. The molecule has 1 aromatic rings. The van der Waals surface area contributed by atoms with Crippen LogP contribution in [0.25, 0.3) is 0 Å². The van der Waals surface area contributed by atoms with Crippen LogP contribution in [0.1, 0.15) is 74.2 Å². The number of carboxylic acid groups (broad SMARTS) is 1. The standard InChI is InChI=1S/C16H24N2O2S/c1-9(2)14-17-11(4)13(16(19)20)15(18-14)21-12-7-5-10(3)6-8-12/h9-10,12H,5-8H2,1-4H3,(H,19,20). The Hall–Kier alpha value is -1.10. The monoisotopic (exact) mass is 308 g/mol. The van der Waals surface area contributed by atoms with Crippen LogP contribution in [0.5, 0.6) is 0 Å². The van der Waals surface area contributed by atoms with Gasteiger partial charge in [-0.05, 0) is 38.5 Å². The quantitative estimate of drug-likeness (QED) is 0.841. The minimum atomic E-state index is -0.922. The molecular weight excluding hydrogens is 284 g/mol. The highest BCUT2D eigenvalue weighted by Gasteiger charge is 2.25. The van der Waals surface area contributed by atoms with Crippen molar-refractivity contribution in [3.63, 3.8) is 0 Å². The van der Waals surface area contributed by atoms with Gasteiger partial charge in [0, 0.05) is 11.2 Å². The van der Waals surface area contributed by atoms with Gasteiger partial charge in [0.1, 0.15) is 16.4 Å². The maximum Gasteiger partial charge on any atom is 0.340 e. The Morgan fingerprint density at radius 1 is 1.24 bits per heavy atom. The van der Waals surface area contributed by atoms with Gasteiger partial charge in [-0.2, -0.15) is 0 Å². The second-order valence-corrected chi connectivity index (χ2v) is 7.60. The first-order chi connectivity index (χ1) is 9.88. The average Bonchev–Trinajstić information content (AvgIpc) is 2.40. The van der Waals surface area contributed by atoms with Crippen LogP contribution in [0.2, 0.25) is 0 Å². The van der Waals surface area contributed by atoms with Gasteiger partial charge in [0.25, 0.3) is 0 Å². The molecule has 21 heavy (non-hydrogen) atoms. The molecular formula is C16H24N2O2S. The van der Waals surface area contributed by atoms with Gasteiger partial charge in [0.2, 0.25) is 0 Å². The first-order valence-corrected chi connectivity index (χ1v) is 8.55. The van der Waals surface area contributed by atoms with Gasteiger partial charge >= 0.3 is 5.97 Å². The summed E-state index contributed by atoms with van der Waals surface area (Å²) in [4.78, 5) is 20.4. The van der Waals surface area contributed by atoms with Gasteiger partial charge in [-0.3, -0.25) is 0 Å². The second-order valence-electron chi connectivity index (χ2n) is 6.31. The first-order valence-electron chi connectivity index (χ1n) is 7.67. The third-order valence-electron chi connectivity index (χ3n) is 4.05. The lowest BCUT2D eigenvalue weighted by Gasteiger charge is -2.26. The second kappa shape index (κ2) is 6.77. The molecule has 0 aliphatic heterocycles. The van der Waals surface area contributed by atoms with Crippen molar-refractivity contribution in [1.82, 2.24) is 9.97 Å². The topological polar surface area (TPSA) is 63.1 Å². The van der Waals surface area contributed by atoms with Crippen molar-refractivity contribution < 1.29 is 9.90 Å². The Bertz CT molecular complexity index is 523. The van der Waals surface area contributed by atoms with Crippen molar-refractivity contribution in [2.24, 2.45) is 5.92 Å². The lowest BCUT2D eigenvalue weighted by Crippen LogP contribution is -2.16. The van der Waals surface area contributed by atoms with Crippen LogP contribution in [-0.4, -0.2) is 26.3 Å². The molecule has 5 heteroatoms. The predicted molar refractivity (Wildman–Crippen MR) is 85.1 cm³/mol. The fraction of sp³-hybridized carbons (Fsp3) is 0.688. The van der Waals surface area contributed by atoms with Crippen molar-refractivity contribution in [2.75, 3.05) is 0 Å². The van der Waals surface area contributed by atoms with Crippen molar-refractivity contribution in [3.05, 3.63) is 17.1 Å². The summed E-state index contributed by atoms with van der Waals surface area (Å²) in [6, 6.07) is 0. The Labute approximate surface area is 130 Å². The molecule has 0 atom stereocenters. The maximum atomic E-state index is 11.5. The number of carboxylic acids is 1. The fourth-order valence-corrected chi connectivity index (χ4v) is 3.99. The van der Waals surface area contributed by atoms with Gasteiger partial charge in [-0.15, -0.1) is 11.8 Å². The van der Waals surface area contributed by atoms with E-state index in [1.807, 2.05) is 13.8 Å². The molecule has 1 saturated carbocycles. The van der Waals surface area contributed by atoms with Gasteiger partial charge in [-0.25, -0.2) is 14.8 Å². The molecule has 4 nitrogen and oxygen atoms in total. The van der Waals surface area contributed by atoms with E-state index >= 15 is 0 Å². The van der Waals surface area contributed by atoms with Crippen molar-refractivity contribution in [1.29, 1.82) is 0 Å². The number of aromatic nitrogens is 2. The third kappa shape index (κ3) is 3.96. The molecule has 0 saturated heterocycles. The van der Waals surface area contributed by atoms with Gasteiger partial charge < -0.3 is 5.11 Å². The van der Waals surface area contributed by atoms with Crippen LogP contribution >= 0.6 is 11.8 Å². The number of thioether (sulfide) groups is 1. The van der Waals surface area contributed by atoms with Crippen LogP contribution in [0.3, 0.4) is 0 Å². The van der Waals surface area contributed by atoms with Crippen LogP contribution in [0.4, 0.5) is 0 Å². The van der Waals surface area contributed by atoms with Crippen LogP contribution in [0, 0.1) is 12.8 Å². The van der Waals surface area contributed by atoms with E-state index in [-0.39, 0.29) is 11.5 Å². The molecule has 1 aliphatic rings. The van der Waals surface area contributed by atoms with Crippen LogP contribution in [0.15, 0.2) is 5.03 Å². The highest BCUT2D eigenvalue weighted by atomic mass is 32.2. The summed E-state index contributed by atoms with van der Waals surface area (Å²) in [5, 5.41) is 10.6. The summed E-state index contributed by atoms with van der Waals surface area (Å²) in [7, 11) is 0. The SMILES string of the molecule is Cc1nc(C(C)C)nc(SC2CCC(C)CC2)c1C(=O)O. The first kappa shape index (κ1) is 16.3. The number of rotatable bonds is 4. The molecule has 2 rings (SSSR count). The Morgan fingerprint density at radius 3 is 2.38 bits per heavy atom. The third-order valence-corrected chi connectivity index (χ3v) is 5.37. The maximum absolute atomic E-state index is 11.5. The summed E-state index contributed by atoms with van der Waals surface area (Å²) in [5.74, 6) is 0.815. The smallest absolute Gasteiger partial charge is 0.340 e. The van der Waals surface area contributed by atoms with E-state index in [1.165, 1.54) is 12.8 Å². The minimum Gasteiger partial charge on any atom is -0.478 e.